The van der Waals surface area contributed by atoms with Crippen molar-refractivity contribution in [2.75, 3.05) is 0 Å². The second-order valence-electron chi connectivity index (χ2n) is 6.92. The minimum atomic E-state index is -0.588. The number of nitrogens with zero attached hydrogens (tertiary/aromatic N) is 1. The van der Waals surface area contributed by atoms with Gasteiger partial charge in [-0.2, -0.15) is 0 Å². The van der Waals surface area contributed by atoms with Crippen molar-refractivity contribution in [3.05, 3.63) is 119 Å². The Hall–Kier alpha value is -3.76. The number of benzene rings is 4. The Morgan fingerprint density at radius 3 is 1.55 bits per heavy atom. The number of rotatable bonds is 4. The van der Waals surface area contributed by atoms with E-state index in [1.54, 1.807) is 12.1 Å². The van der Waals surface area contributed by atoms with Gasteiger partial charge in [-0.1, -0.05) is 84.9 Å². The quantitative estimate of drug-likeness (QED) is 0.460. The molecule has 5 rings (SSSR count). The van der Waals surface area contributed by atoms with Crippen molar-refractivity contribution in [3.63, 3.8) is 0 Å². The fourth-order valence-electron chi connectivity index (χ4n) is 3.78. The summed E-state index contributed by atoms with van der Waals surface area (Å²) in [6.07, 6.45) is -0.588. The van der Waals surface area contributed by atoms with Crippen LogP contribution in [0.25, 0.3) is 10.8 Å². The number of hydrogen-bond donors (Lipinski definition) is 0. The Balaban J connectivity index is 1.60. The predicted octanol–water partition coefficient (Wildman–Crippen LogP) is 5.16. The van der Waals surface area contributed by atoms with E-state index in [9.17, 15) is 9.59 Å². The lowest BCUT2D eigenvalue weighted by Crippen LogP contribution is -2.41. The molecule has 0 aromatic heterocycles. The molecule has 0 unspecified atom stereocenters. The number of carbonyl (C=O) groups excluding carboxylic acids is 2. The van der Waals surface area contributed by atoms with Gasteiger partial charge in [0.15, 0.2) is 0 Å². The normalized spacial score (nSPS) is 13.3. The van der Waals surface area contributed by atoms with Gasteiger partial charge in [0.05, 0.1) is 11.1 Å². The largest absolute Gasteiger partial charge is 0.285 e. The first-order valence-corrected chi connectivity index (χ1v) is 9.41. The number of hydrogen-bond acceptors (Lipinski definition) is 3. The highest BCUT2D eigenvalue weighted by Crippen LogP contribution is 2.34. The van der Waals surface area contributed by atoms with Crippen molar-refractivity contribution >= 4 is 22.6 Å². The van der Waals surface area contributed by atoms with Crippen molar-refractivity contribution in [1.29, 1.82) is 0 Å². The van der Waals surface area contributed by atoms with Gasteiger partial charge in [-0.15, -0.1) is 5.06 Å². The molecule has 0 spiro atoms. The molecule has 1 aliphatic rings. The Morgan fingerprint density at radius 2 is 1.07 bits per heavy atom. The molecule has 0 saturated heterocycles. The van der Waals surface area contributed by atoms with Crippen LogP contribution in [0.1, 0.15) is 37.9 Å². The summed E-state index contributed by atoms with van der Waals surface area (Å²) in [5, 5.41) is 2.45. The molecule has 0 N–H and O–H groups in total. The van der Waals surface area contributed by atoms with Crippen LogP contribution in [-0.4, -0.2) is 16.9 Å². The van der Waals surface area contributed by atoms with Crippen LogP contribution in [0.5, 0.6) is 0 Å². The standard InChI is InChI=1S/C25H17NO3/c27-24-20-15-7-13-17-14-8-16-21(22(17)20)25(28)26(24)29-23(18-9-3-1-4-10-18)19-11-5-2-6-12-19/h1-16,23H. The molecule has 29 heavy (non-hydrogen) atoms. The number of hydroxylamine groups is 2. The summed E-state index contributed by atoms with van der Waals surface area (Å²) in [5.74, 6) is -0.896. The van der Waals surface area contributed by atoms with Gasteiger partial charge in [0, 0.05) is 5.39 Å². The van der Waals surface area contributed by atoms with E-state index in [1.807, 2.05) is 84.9 Å². The van der Waals surface area contributed by atoms with E-state index in [0.29, 0.717) is 16.5 Å². The lowest BCUT2D eigenvalue weighted by molar-refractivity contribution is -0.124. The molecular weight excluding hydrogens is 362 g/mol. The van der Waals surface area contributed by atoms with Crippen molar-refractivity contribution in [1.82, 2.24) is 5.06 Å². The van der Waals surface area contributed by atoms with Crippen molar-refractivity contribution < 1.29 is 14.4 Å². The van der Waals surface area contributed by atoms with E-state index in [1.165, 1.54) is 0 Å². The summed E-state index contributed by atoms with van der Waals surface area (Å²) < 4.78 is 0. The van der Waals surface area contributed by atoms with Gasteiger partial charge in [0.25, 0.3) is 11.8 Å². The third-order valence-corrected chi connectivity index (χ3v) is 5.15. The van der Waals surface area contributed by atoms with Crippen LogP contribution in [0.4, 0.5) is 0 Å². The molecule has 0 bridgehead atoms. The molecule has 0 saturated carbocycles. The van der Waals surface area contributed by atoms with E-state index >= 15 is 0 Å². The first-order chi connectivity index (χ1) is 14.2. The summed E-state index contributed by atoms with van der Waals surface area (Å²) in [4.78, 5) is 32.5. The minimum absolute atomic E-state index is 0.448. The van der Waals surface area contributed by atoms with E-state index in [0.717, 1.165) is 21.6 Å². The highest BCUT2D eigenvalue weighted by molar-refractivity contribution is 6.24. The average molecular weight is 379 g/mol. The smallest absolute Gasteiger partial charge is 0.266 e. The molecule has 4 aromatic carbocycles. The van der Waals surface area contributed by atoms with Crippen LogP contribution in [0.3, 0.4) is 0 Å². The Labute approximate surface area is 167 Å². The van der Waals surface area contributed by atoms with Gasteiger partial charge in [-0.25, -0.2) is 4.84 Å². The molecule has 1 aliphatic heterocycles. The second kappa shape index (κ2) is 7.00. The molecule has 140 valence electrons. The summed E-state index contributed by atoms with van der Waals surface area (Å²) >= 11 is 0. The van der Waals surface area contributed by atoms with Gasteiger partial charge in [-0.3, -0.25) is 9.59 Å². The molecule has 4 aromatic rings. The van der Waals surface area contributed by atoms with Crippen molar-refractivity contribution in [2.45, 2.75) is 6.10 Å². The van der Waals surface area contributed by atoms with Crippen molar-refractivity contribution in [3.8, 4) is 0 Å². The van der Waals surface area contributed by atoms with Crippen LogP contribution >= 0.6 is 0 Å². The van der Waals surface area contributed by atoms with E-state index in [2.05, 4.69) is 0 Å². The summed E-state index contributed by atoms with van der Waals surface area (Å²) in [5.41, 5.74) is 2.66. The fourth-order valence-corrected chi connectivity index (χ4v) is 3.78. The Bertz CT molecular complexity index is 1130. The number of imide groups is 1. The van der Waals surface area contributed by atoms with Crippen LogP contribution in [0.15, 0.2) is 97.1 Å². The molecule has 1 heterocycles. The average Bonchev–Trinajstić information content (AvgIpc) is 2.78. The van der Waals surface area contributed by atoms with Gasteiger partial charge in [0.2, 0.25) is 0 Å². The summed E-state index contributed by atoms with van der Waals surface area (Å²) in [6.45, 7) is 0. The third-order valence-electron chi connectivity index (χ3n) is 5.15. The third kappa shape index (κ3) is 2.91. The fraction of sp³-hybridized carbons (Fsp3) is 0.0400. The minimum Gasteiger partial charge on any atom is -0.266 e. The maximum atomic E-state index is 13.2. The molecule has 0 radical (unpaired) electrons. The van der Waals surface area contributed by atoms with Gasteiger partial charge < -0.3 is 0 Å². The molecule has 0 fully saturated rings. The van der Waals surface area contributed by atoms with Crippen LogP contribution in [0, 0.1) is 0 Å². The van der Waals surface area contributed by atoms with Crippen LogP contribution in [0.2, 0.25) is 0 Å². The molecule has 4 heteroatoms. The molecule has 2 amide bonds. The van der Waals surface area contributed by atoms with E-state index in [-0.39, 0.29) is 0 Å². The highest BCUT2D eigenvalue weighted by Gasteiger charge is 2.36. The Morgan fingerprint density at radius 1 is 0.586 bits per heavy atom. The zero-order valence-corrected chi connectivity index (χ0v) is 15.5. The highest BCUT2D eigenvalue weighted by atomic mass is 16.7. The Kier molecular flexibility index (Phi) is 4.19. The van der Waals surface area contributed by atoms with Crippen molar-refractivity contribution in [2.24, 2.45) is 0 Å². The first-order valence-electron chi connectivity index (χ1n) is 9.41. The topological polar surface area (TPSA) is 46.6 Å². The van der Waals surface area contributed by atoms with Gasteiger partial charge >= 0.3 is 0 Å². The number of carbonyl (C=O) groups is 2. The second-order valence-corrected chi connectivity index (χ2v) is 6.92. The monoisotopic (exact) mass is 379 g/mol. The van der Waals surface area contributed by atoms with Crippen LogP contribution < -0.4 is 0 Å². The molecule has 4 nitrogen and oxygen atoms in total. The number of amides is 2. The first kappa shape index (κ1) is 17.3. The van der Waals surface area contributed by atoms with E-state index < -0.39 is 17.9 Å². The van der Waals surface area contributed by atoms with Gasteiger partial charge in [0.1, 0.15) is 6.10 Å². The molecule has 0 atom stereocenters. The molecular formula is C25H17NO3. The SMILES string of the molecule is O=C1c2cccc3cccc(c23)C(=O)N1OC(c1ccccc1)c1ccccc1. The summed E-state index contributed by atoms with van der Waals surface area (Å²) in [6, 6.07) is 30.1. The lowest BCUT2D eigenvalue weighted by atomic mass is 9.95. The maximum absolute atomic E-state index is 13.2. The lowest BCUT2D eigenvalue weighted by Gasteiger charge is -2.30. The van der Waals surface area contributed by atoms with E-state index in [4.69, 9.17) is 4.84 Å². The van der Waals surface area contributed by atoms with Gasteiger partial charge in [-0.05, 0) is 28.6 Å². The maximum Gasteiger partial charge on any atom is 0.285 e. The zero-order chi connectivity index (χ0) is 19.8. The predicted molar refractivity (Wildman–Crippen MR) is 110 cm³/mol. The van der Waals surface area contributed by atoms with Crippen LogP contribution in [-0.2, 0) is 4.84 Å². The molecule has 0 aliphatic carbocycles. The summed E-state index contributed by atoms with van der Waals surface area (Å²) in [7, 11) is 0. The zero-order valence-electron chi connectivity index (χ0n) is 15.5.